The monoisotopic (exact) mass is 183 g/mol. The van der Waals surface area contributed by atoms with Crippen LogP contribution in [-0.2, 0) is 4.74 Å². The lowest BCUT2D eigenvalue weighted by atomic mass is 9.87. The molecule has 1 N–H and O–H groups in total. The predicted octanol–water partition coefficient (Wildman–Crippen LogP) is 2.04. The molecule has 2 unspecified atom stereocenters. The molecular formula is C9H13NO3. The van der Waals surface area contributed by atoms with Crippen LogP contribution in [-0.4, -0.2) is 23.2 Å². The van der Waals surface area contributed by atoms with E-state index in [1.54, 1.807) is 0 Å². The molecule has 2 aliphatic rings. The third-order valence-corrected chi connectivity index (χ3v) is 2.74. The van der Waals surface area contributed by atoms with Gasteiger partial charge in [-0.1, -0.05) is 6.42 Å². The smallest absolute Gasteiger partial charge is 0.450 e. The maximum absolute atomic E-state index is 10.3. The molecule has 1 aliphatic heterocycles. The molecular weight excluding hydrogens is 170 g/mol. The van der Waals surface area contributed by atoms with Crippen molar-refractivity contribution in [2.24, 2.45) is 10.9 Å². The maximum Gasteiger partial charge on any atom is 0.507 e. The summed E-state index contributed by atoms with van der Waals surface area (Å²) in [5.41, 5.74) is 1.18. The van der Waals surface area contributed by atoms with Gasteiger partial charge in [0.15, 0.2) is 6.23 Å². The Morgan fingerprint density at radius 3 is 3.08 bits per heavy atom. The van der Waals surface area contributed by atoms with Gasteiger partial charge in [-0.3, -0.25) is 4.99 Å². The van der Waals surface area contributed by atoms with Gasteiger partial charge in [-0.15, -0.1) is 0 Å². The molecule has 0 spiro atoms. The van der Waals surface area contributed by atoms with Crippen LogP contribution in [0, 0.1) is 5.92 Å². The molecule has 0 amide bonds. The Morgan fingerprint density at radius 1 is 1.54 bits per heavy atom. The Hall–Kier alpha value is -1.06. The highest BCUT2D eigenvalue weighted by atomic mass is 16.7. The van der Waals surface area contributed by atoms with E-state index in [4.69, 9.17) is 5.11 Å². The van der Waals surface area contributed by atoms with E-state index in [9.17, 15) is 4.79 Å². The summed E-state index contributed by atoms with van der Waals surface area (Å²) in [7, 11) is 0. The van der Waals surface area contributed by atoms with Crippen LogP contribution in [0.4, 0.5) is 4.79 Å². The zero-order valence-electron chi connectivity index (χ0n) is 7.40. The molecule has 1 heterocycles. The molecule has 0 saturated heterocycles. The second-order valence-electron chi connectivity index (χ2n) is 3.64. The van der Waals surface area contributed by atoms with Gasteiger partial charge in [0.2, 0.25) is 0 Å². The lowest BCUT2D eigenvalue weighted by molar-refractivity contribution is 0.0528. The van der Waals surface area contributed by atoms with Gasteiger partial charge in [-0.2, -0.15) is 0 Å². The number of fused-ring (bicyclic) bond motifs is 1. The van der Waals surface area contributed by atoms with Gasteiger partial charge in [-0.05, 0) is 19.3 Å². The standard InChI is InChI=1S/C9H13NO3/c11-9(12)13-8-5-6-3-1-2-4-7(6)10-8/h6,8H,1-5H2,(H,11,12). The molecule has 1 saturated carbocycles. The van der Waals surface area contributed by atoms with Gasteiger partial charge < -0.3 is 9.84 Å². The molecule has 0 radical (unpaired) electrons. The minimum atomic E-state index is -1.21. The van der Waals surface area contributed by atoms with Gasteiger partial charge in [0.05, 0.1) is 0 Å². The van der Waals surface area contributed by atoms with Crippen LogP contribution in [0.5, 0.6) is 0 Å². The van der Waals surface area contributed by atoms with E-state index in [-0.39, 0.29) is 0 Å². The number of carbonyl (C=O) groups is 1. The van der Waals surface area contributed by atoms with Crippen molar-refractivity contribution in [3.05, 3.63) is 0 Å². The molecule has 0 bridgehead atoms. The lowest BCUT2D eigenvalue weighted by Gasteiger charge is -2.17. The molecule has 0 aromatic carbocycles. The fraction of sp³-hybridized carbons (Fsp3) is 0.778. The second-order valence-corrected chi connectivity index (χ2v) is 3.64. The van der Waals surface area contributed by atoms with Crippen LogP contribution in [0.15, 0.2) is 4.99 Å². The van der Waals surface area contributed by atoms with Gasteiger partial charge in [-0.25, -0.2) is 4.79 Å². The van der Waals surface area contributed by atoms with E-state index in [1.165, 1.54) is 18.6 Å². The first-order valence-corrected chi connectivity index (χ1v) is 4.72. The topological polar surface area (TPSA) is 58.9 Å². The van der Waals surface area contributed by atoms with E-state index in [2.05, 4.69) is 9.73 Å². The Labute approximate surface area is 76.6 Å². The van der Waals surface area contributed by atoms with Crippen LogP contribution >= 0.6 is 0 Å². The summed E-state index contributed by atoms with van der Waals surface area (Å²) in [6, 6.07) is 0. The maximum atomic E-state index is 10.3. The van der Waals surface area contributed by atoms with Crippen molar-refractivity contribution in [1.82, 2.24) is 0 Å². The Balaban J connectivity index is 1.97. The van der Waals surface area contributed by atoms with Gasteiger partial charge >= 0.3 is 6.16 Å². The summed E-state index contributed by atoms with van der Waals surface area (Å²) in [4.78, 5) is 14.5. The average molecular weight is 183 g/mol. The molecule has 2 rings (SSSR count). The number of hydrogen-bond acceptors (Lipinski definition) is 3. The van der Waals surface area contributed by atoms with Crippen molar-refractivity contribution in [3.63, 3.8) is 0 Å². The molecule has 72 valence electrons. The zero-order chi connectivity index (χ0) is 9.26. The van der Waals surface area contributed by atoms with Crippen LogP contribution in [0.2, 0.25) is 0 Å². The summed E-state index contributed by atoms with van der Waals surface area (Å²) in [5.74, 6) is 0.498. The fourth-order valence-corrected chi connectivity index (χ4v) is 2.16. The number of ether oxygens (including phenoxy) is 1. The molecule has 1 aliphatic carbocycles. The molecule has 4 nitrogen and oxygen atoms in total. The highest BCUT2D eigenvalue weighted by molar-refractivity contribution is 5.89. The highest BCUT2D eigenvalue weighted by Crippen LogP contribution is 2.32. The Kier molecular flexibility index (Phi) is 2.20. The van der Waals surface area contributed by atoms with Crippen LogP contribution in [0.25, 0.3) is 0 Å². The van der Waals surface area contributed by atoms with Crippen molar-refractivity contribution in [1.29, 1.82) is 0 Å². The molecule has 0 aromatic rings. The van der Waals surface area contributed by atoms with Crippen molar-refractivity contribution in [3.8, 4) is 0 Å². The lowest BCUT2D eigenvalue weighted by Crippen LogP contribution is -2.16. The van der Waals surface area contributed by atoms with E-state index >= 15 is 0 Å². The minimum absolute atomic E-state index is 0.421. The number of hydrogen-bond donors (Lipinski definition) is 1. The van der Waals surface area contributed by atoms with Crippen LogP contribution in [0.1, 0.15) is 32.1 Å². The third kappa shape index (κ3) is 1.82. The number of rotatable bonds is 1. The molecule has 1 fully saturated rings. The molecule has 2 atom stereocenters. The van der Waals surface area contributed by atoms with E-state index in [1.807, 2.05) is 0 Å². The first-order valence-electron chi connectivity index (χ1n) is 4.72. The predicted molar refractivity (Wildman–Crippen MR) is 46.9 cm³/mol. The first kappa shape index (κ1) is 8.53. The van der Waals surface area contributed by atoms with E-state index in [0.717, 1.165) is 19.3 Å². The van der Waals surface area contributed by atoms with Crippen molar-refractivity contribution in [2.75, 3.05) is 0 Å². The summed E-state index contributed by atoms with van der Waals surface area (Å²) in [6.07, 6.45) is 3.74. The summed E-state index contributed by atoms with van der Waals surface area (Å²) in [6.45, 7) is 0. The second kappa shape index (κ2) is 3.36. The first-order chi connectivity index (χ1) is 6.25. The molecule has 4 heteroatoms. The van der Waals surface area contributed by atoms with Gasteiger partial charge in [0, 0.05) is 18.1 Å². The number of nitrogens with zero attached hydrogens (tertiary/aromatic N) is 1. The largest absolute Gasteiger partial charge is 0.507 e. The third-order valence-electron chi connectivity index (χ3n) is 2.74. The van der Waals surface area contributed by atoms with Gasteiger partial charge in [0.25, 0.3) is 0 Å². The highest BCUT2D eigenvalue weighted by Gasteiger charge is 2.31. The average Bonchev–Trinajstić information content (AvgIpc) is 2.44. The quantitative estimate of drug-likeness (QED) is 0.633. The summed E-state index contributed by atoms with van der Waals surface area (Å²) >= 11 is 0. The summed E-state index contributed by atoms with van der Waals surface area (Å²) in [5, 5.41) is 8.42. The van der Waals surface area contributed by atoms with Crippen molar-refractivity contribution >= 4 is 11.9 Å². The number of aliphatic imine (C=N–C) groups is 1. The van der Waals surface area contributed by atoms with Crippen LogP contribution < -0.4 is 0 Å². The number of carboxylic acid groups (broad SMARTS) is 1. The van der Waals surface area contributed by atoms with Crippen molar-refractivity contribution in [2.45, 2.75) is 38.3 Å². The van der Waals surface area contributed by atoms with Crippen molar-refractivity contribution < 1.29 is 14.6 Å². The summed E-state index contributed by atoms with van der Waals surface area (Å²) < 4.78 is 4.63. The fourth-order valence-electron chi connectivity index (χ4n) is 2.16. The minimum Gasteiger partial charge on any atom is -0.450 e. The SMILES string of the molecule is O=C(O)OC1CC2CCCCC2=N1. The molecule has 13 heavy (non-hydrogen) atoms. The Morgan fingerprint density at radius 2 is 2.38 bits per heavy atom. The molecule has 0 aromatic heterocycles. The van der Waals surface area contributed by atoms with Gasteiger partial charge in [0.1, 0.15) is 0 Å². The Bertz CT molecular complexity index is 249. The van der Waals surface area contributed by atoms with E-state index in [0.29, 0.717) is 5.92 Å². The van der Waals surface area contributed by atoms with Crippen LogP contribution in [0.3, 0.4) is 0 Å². The zero-order valence-corrected chi connectivity index (χ0v) is 7.40. The normalized spacial score (nSPS) is 32.2. The van der Waals surface area contributed by atoms with E-state index < -0.39 is 12.4 Å².